The van der Waals surface area contributed by atoms with E-state index in [1.807, 2.05) is 42.3 Å². The normalized spacial score (nSPS) is 18.5. The van der Waals surface area contributed by atoms with Gasteiger partial charge in [0, 0.05) is 12.6 Å². The van der Waals surface area contributed by atoms with Crippen molar-refractivity contribution in [1.29, 1.82) is 0 Å². The van der Waals surface area contributed by atoms with Crippen molar-refractivity contribution in [2.45, 2.75) is 44.8 Å². The molecule has 1 unspecified atom stereocenters. The van der Waals surface area contributed by atoms with Crippen LogP contribution in [0.25, 0.3) is 0 Å². The number of likely N-dealkylation sites (tertiary alicyclic amines) is 1. The number of carbonyl (C=O) groups is 1. The summed E-state index contributed by atoms with van der Waals surface area (Å²) in [5.74, 6) is 0. The second-order valence-corrected chi connectivity index (χ2v) is 5.63. The third kappa shape index (κ3) is 5.05. The maximum atomic E-state index is 12.3. The zero-order valence-corrected chi connectivity index (χ0v) is 12.9. The Morgan fingerprint density at radius 1 is 1.33 bits per heavy atom. The molecule has 0 aromatic heterocycles. The Labute approximate surface area is 127 Å². The second kappa shape index (κ2) is 8.67. The number of piperidine rings is 1. The molecular weight excluding hydrogens is 264 g/mol. The molecule has 1 aliphatic heterocycles. The molecule has 0 bridgehead atoms. The average molecular weight is 290 g/mol. The fourth-order valence-electron chi connectivity index (χ4n) is 2.86. The van der Waals surface area contributed by atoms with Crippen molar-refractivity contribution >= 4 is 6.09 Å². The van der Waals surface area contributed by atoms with Crippen LogP contribution >= 0.6 is 0 Å². The van der Waals surface area contributed by atoms with Crippen LogP contribution in [0.1, 0.15) is 37.7 Å². The molecule has 4 nitrogen and oxygen atoms in total. The van der Waals surface area contributed by atoms with Gasteiger partial charge in [0.2, 0.25) is 0 Å². The topological polar surface area (TPSA) is 41.6 Å². The van der Waals surface area contributed by atoms with Crippen LogP contribution in [0.4, 0.5) is 4.79 Å². The lowest BCUT2D eigenvalue weighted by molar-refractivity contribution is 0.0656. The summed E-state index contributed by atoms with van der Waals surface area (Å²) < 4.78 is 5.48. The minimum atomic E-state index is -0.159. The molecule has 1 N–H and O–H groups in total. The van der Waals surface area contributed by atoms with Crippen molar-refractivity contribution in [2.24, 2.45) is 0 Å². The molecular formula is C17H26N2O2. The highest BCUT2D eigenvalue weighted by Gasteiger charge is 2.27. The summed E-state index contributed by atoms with van der Waals surface area (Å²) >= 11 is 0. The lowest BCUT2D eigenvalue weighted by Gasteiger charge is -2.35. The van der Waals surface area contributed by atoms with Crippen molar-refractivity contribution in [3.8, 4) is 0 Å². The fraction of sp³-hybridized carbons (Fsp3) is 0.588. The Morgan fingerprint density at radius 2 is 2.14 bits per heavy atom. The van der Waals surface area contributed by atoms with Crippen molar-refractivity contribution < 1.29 is 9.53 Å². The van der Waals surface area contributed by atoms with Gasteiger partial charge >= 0.3 is 6.09 Å². The number of ether oxygens (including phenoxy) is 1. The molecule has 1 aromatic carbocycles. The van der Waals surface area contributed by atoms with Crippen molar-refractivity contribution in [2.75, 3.05) is 20.1 Å². The van der Waals surface area contributed by atoms with Crippen LogP contribution < -0.4 is 5.32 Å². The van der Waals surface area contributed by atoms with Gasteiger partial charge in [0.1, 0.15) is 6.61 Å². The van der Waals surface area contributed by atoms with Gasteiger partial charge in [-0.25, -0.2) is 4.79 Å². The largest absolute Gasteiger partial charge is 0.445 e. The Hall–Kier alpha value is -1.55. The number of rotatable bonds is 6. The lowest BCUT2D eigenvalue weighted by Crippen LogP contribution is -2.44. The molecule has 0 spiro atoms. The maximum Gasteiger partial charge on any atom is 0.410 e. The molecule has 1 atom stereocenters. The standard InChI is InChI=1S/C17H26N2O2/c1-18-12-7-11-16-10-5-6-13-19(16)17(20)21-14-15-8-3-2-4-9-15/h2-4,8-9,16,18H,5-7,10-14H2,1H3. The van der Waals surface area contributed by atoms with Gasteiger partial charge < -0.3 is 15.0 Å². The summed E-state index contributed by atoms with van der Waals surface area (Å²) in [5, 5.41) is 3.16. The lowest BCUT2D eigenvalue weighted by atomic mass is 9.98. The number of nitrogens with one attached hydrogen (secondary N) is 1. The zero-order valence-electron chi connectivity index (χ0n) is 12.9. The SMILES string of the molecule is CNCCCC1CCCCN1C(=O)OCc1ccccc1. The van der Waals surface area contributed by atoms with E-state index in [9.17, 15) is 4.79 Å². The molecule has 1 saturated heterocycles. The number of hydrogen-bond acceptors (Lipinski definition) is 3. The Bertz CT molecular complexity index is 422. The molecule has 1 amide bonds. The quantitative estimate of drug-likeness (QED) is 0.818. The van der Waals surface area contributed by atoms with Gasteiger partial charge in [-0.1, -0.05) is 30.3 Å². The van der Waals surface area contributed by atoms with E-state index >= 15 is 0 Å². The summed E-state index contributed by atoms with van der Waals surface area (Å²) in [6, 6.07) is 10.2. The minimum absolute atomic E-state index is 0.159. The highest BCUT2D eigenvalue weighted by molar-refractivity contribution is 5.68. The first-order chi connectivity index (χ1) is 10.3. The summed E-state index contributed by atoms with van der Waals surface area (Å²) in [5.41, 5.74) is 1.04. The minimum Gasteiger partial charge on any atom is -0.445 e. The molecule has 1 fully saturated rings. The fourth-order valence-corrected chi connectivity index (χ4v) is 2.86. The molecule has 0 aliphatic carbocycles. The molecule has 116 valence electrons. The summed E-state index contributed by atoms with van der Waals surface area (Å²) in [6.07, 6.45) is 5.40. The van der Waals surface area contributed by atoms with E-state index in [2.05, 4.69) is 5.32 Å². The maximum absolute atomic E-state index is 12.3. The van der Waals surface area contributed by atoms with Crippen molar-refractivity contribution in [1.82, 2.24) is 10.2 Å². The van der Waals surface area contributed by atoms with E-state index in [0.29, 0.717) is 12.6 Å². The first-order valence-corrected chi connectivity index (χ1v) is 7.93. The predicted octanol–water partition coefficient (Wildman–Crippen LogP) is 3.18. The number of nitrogens with zero attached hydrogens (tertiary/aromatic N) is 1. The van der Waals surface area contributed by atoms with Gasteiger partial charge in [-0.3, -0.25) is 0 Å². The van der Waals surface area contributed by atoms with E-state index in [-0.39, 0.29) is 6.09 Å². The summed E-state index contributed by atoms with van der Waals surface area (Å²) in [7, 11) is 1.97. The van der Waals surface area contributed by atoms with Gasteiger partial charge in [-0.05, 0) is 51.3 Å². The van der Waals surface area contributed by atoms with Crippen LogP contribution in [0.15, 0.2) is 30.3 Å². The van der Waals surface area contributed by atoms with E-state index in [0.717, 1.165) is 44.3 Å². The van der Waals surface area contributed by atoms with Gasteiger partial charge in [0.25, 0.3) is 0 Å². The van der Waals surface area contributed by atoms with Gasteiger partial charge in [0.05, 0.1) is 0 Å². The zero-order chi connectivity index (χ0) is 14.9. The van der Waals surface area contributed by atoms with Crippen molar-refractivity contribution in [3.63, 3.8) is 0 Å². The number of carbonyl (C=O) groups excluding carboxylic acids is 1. The van der Waals surface area contributed by atoms with Gasteiger partial charge in [-0.15, -0.1) is 0 Å². The van der Waals surface area contributed by atoms with Crippen LogP contribution in [0, 0.1) is 0 Å². The molecule has 0 radical (unpaired) electrons. The number of benzene rings is 1. The Balaban J connectivity index is 1.83. The third-order valence-electron chi connectivity index (χ3n) is 4.03. The highest BCUT2D eigenvalue weighted by Crippen LogP contribution is 2.22. The number of hydrogen-bond donors (Lipinski definition) is 1. The predicted molar refractivity (Wildman–Crippen MR) is 84.1 cm³/mol. The smallest absolute Gasteiger partial charge is 0.410 e. The van der Waals surface area contributed by atoms with Crippen LogP contribution in [0.5, 0.6) is 0 Å². The molecule has 1 aliphatic rings. The molecule has 2 rings (SSSR count). The average Bonchev–Trinajstić information content (AvgIpc) is 2.54. The van der Waals surface area contributed by atoms with Crippen molar-refractivity contribution in [3.05, 3.63) is 35.9 Å². The van der Waals surface area contributed by atoms with E-state index < -0.39 is 0 Å². The highest BCUT2D eigenvalue weighted by atomic mass is 16.6. The van der Waals surface area contributed by atoms with Crippen LogP contribution in [-0.2, 0) is 11.3 Å². The first-order valence-electron chi connectivity index (χ1n) is 7.93. The van der Waals surface area contributed by atoms with Crippen LogP contribution in [0.3, 0.4) is 0 Å². The van der Waals surface area contributed by atoms with E-state index in [4.69, 9.17) is 4.74 Å². The number of amides is 1. The Morgan fingerprint density at radius 3 is 2.90 bits per heavy atom. The summed E-state index contributed by atoms with van der Waals surface area (Å²) in [4.78, 5) is 14.2. The van der Waals surface area contributed by atoms with Gasteiger partial charge in [-0.2, -0.15) is 0 Å². The first kappa shape index (κ1) is 15.8. The molecule has 1 aromatic rings. The van der Waals surface area contributed by atoms with Crippen LogP contribution in [0.2, 0.25) is 0 Å². The monoisotopic (exact) mass is 290 g/mol. The molecule has 4 heteroatoms. The molecule has 21 heavy (non-hydrogen) atoms. The summed E-state index contributed by atoms with van der Waals surface area (Å²) in [6.45, 7) is 2.20. The van der Waals surface area contributed by atoms with Gasteiger partial charge in [0.15, 0.2) is 0 Å². The van der Waals surface area contributed by atoms with E-state index in [1.54, 1.807) is 0 Å². The third-order valence-corrected chi connectivity index (χ3v) is 4.03. The second-order valence-electron chi connectivity index (χ2n) is 5.63. The van der Waals surface area contributed by atoms with Crippen LogP contribution in [-0.4, -0.2) is 37.2 Å². The Kier molecular flexibility index (Phi) is 6.54. The molecule has 0 saturated carbocycles. The molecule has 1 heterocycles. The van der Waals surface area contributed by atoms with E-state index in [1.165, 1.54) is 6.42 Å².